The molecule has 1 aliphatic rings. The van der Waals surface area contributed by atoms with Crippen LogP contribution in [0.4, 0.5) is 4.79 Å². The van der Waals surface area contributed by atoms with Crippen molar-refractivity contribution in [3.8, 4) is 0 Å². The van der Waals surface area contributed by atoms with E-state index in [1.807, 2.05) is 0 Å². The fourth-order valence-corrected chi connectivity index (χ4v) is 2.88. The summed E-state index contributed by atoms with van der Waals surface area (Å²) in [4.78, 5) is 38.2. The molecule has 24 heavy (non-hydrogen) atoms. The predicted molar refractivity (Wildman–Crippen MR) is 89.8 cm³/mol. The second kappa shape index (κ2) is 6.09. The fraction of sp³-hybridized carbons (Fsp3) is 0.167. The summed E-state index contributed by atoms with van der Waals surface area (Å²) in [5.74, 6) is -0.770. The third kappa shape index (κ3) is 2.78. The number of halogens is 1. The molecule has 0 saturated carbocycles. The molecule has 1 aliphatic heterocycles. The summed E-state index contributed by atoms with van der Waals surface area (Å²) in [7, 11) is 0. The normalized spacial score (nSPS) is 20.2. The number of nitrogens with one attached hydrogen (secondary N) is 1. The lowest BCUT2D eigenvalue weighted by Gasteiger charge is -2.22. The lowest BCUT2D eigenvalue weighted by Crippen LogP contribution is -2.41. The Kier molecular flexibility index (Phi) is 4.11. The standard InChI is InChI=1S/C18H15ClN2O3/c1-18(13-8-5-9-14(19)10-13)16(23)21(17(24)20-18)11-15(22)12-6-3-2-4-7-12/h2-10H,11H2,1H3,(H,20,24). The Hall–Kier alpha value is -2.66. The summed E-state index contributed by atoms with van der Waals surface area (Å²) in [6.45, 7) is 1.30. The highest BCUT2D eigenvalue weighted by molar-refractivity contribution is 6.30. The van der Waals surface area contributed by atoms with Gasteiger partial charge in [-0.1, -0.05) is 54.1 Å². The molecular weight excluding hydrogens is 328 g/mol. The quantitative estimate of drug-likeness (QED) is 0.686. The Morgan fingerprint density at radius 2 is 1.83 bits per heavy atom. The van der Waals surface area contributed by atoms with E-state index in [1.54, 1.807) is 61.5 Å². The van der Waals surface area contributed by atoms with Crippen LogP contribution in [0.25, 0.3) is 0 Å². The van der Waals surface area contributed by atoms with Gasteiger partial charge in [-0.3, -0.25) is 14.5 Å². The van der Waals surface area contributed by atoms with Crippen LogP contribution < -0.4 is 5.32 Å². The van der Waals surface area contributed by atoms with Crippen LogP contribution in [0, 0.1) is 0 Å². The monoisotopic (exact) mass is 342 g/mol. The third-order valence-electron chi connectivity index (χ3n) is 4.07. The minimum absolute atomic E-state index is 0.297. The third-order valence-corrected chi connectivity index (χ3v) is 4.31. The van der Waals surface area contributed by atoms with Gasteiger partial charge in [0.1, 0.15) is 5.54 Å². The van der Waals surface area contributed by atoms with E-state index < -0.39 is 17.5 Å². The zero-order valence-corrected chi connectivity index (χ0v) is 13.7. The highest BCUT2D eigenvalue weighted by Crippen LogP contribution is 2.30. The number of Topliss-reactive ketones (excluding diaryl/α,β-unsaturated/α-hetero) is 1. The lowest BCUT2D eigenvalue weighted by molar-refractivity contribution is -0.130. The number of rotatable bonds is 4. The molecule has 1 unspecified atom stereocenters. The van der Waals surface area contributed by atoms with Gasteiger partial charge >= 0.3 is 6.03 Å². The van der Waals surface area contributed by atoms with Gasteiger partial charge in [0.05, 0.1) is 6.54 Å². The second-order valence-corrected chi connectivity index (χ2v) is 6.18. The summed E-state index contributed by atoms with van der Waals surface area (Å²) in [5, 5.41) is 3.12. The van der Waals surface area contributed by atoms with Gasteiger partial charge in [-0.2, -0.15) is 0 Å². The zero-order valence-electron chi connectivity index (χ0n) is 13.0. The van der Waals surface area contributed by atoms with Gasteiger partial charge in [-0.25, -0.2) is 4.79 Å². The Bertz CT molecular complexity index is 822. The van der Waals surface area contributed by atoms with Crippen LogP contribution in [-0.2, 0) is 10.3 Å². The highest BCUT2D eigenvalue weighted by Gasteiger charge is 2.49. The molecule has 1 saturated heterocycles. The van der Waals surface area contributed by atoms with E-state index in [0.717, 1.165) is 4.90 Å². The van der Waals surface area contributed by atoms with Gasteiger partial charge in [0.25, 0.3) is 5.91 Å². The van der Waals surface area contributed by atoms with Crippen LogP contribution in [0.2, 0.25) is 5.02 Å². The van der Waals surface area contributed by atoms with Crippen LogP contribution in [0.3, 0.4) is 0 Å². The average molecular weight is 343 g/mol. The average Bonchev–Trinajstić information content (AvgIpc) is 2.80. The molecule has 3 amide bonds. The van der Waals surface area contributed by atoms with Crippen LogP contribution in [0.15, 0.2) is 54.6 Å². The number of hydrogen-bond donors (Lipinski definition) is 1. The van der Waals surface area contributed by atoms with E-state index in [1.165, 1.54) is 0 Å². The maximum Gasteiger partial charge on any atom is 0.325 e. The molecule has 3 rings (SSSR count). The number of urea groups is 1. The van der Waals surface area contributed by atoms with Crippen molar-refractivity contribution in [1.82, 2.24) is 10.2 Å². The summed E-state index contributed by atoms with van der Waals surface area (Å²) in [5.41, 5.74) is -0.212. The maximum atomic E-state index is 12.8. The van der Waals surface area contributed by atoms with Crippen LogP contribution in [-0.4, -0.2) is 29.2 Å². The molecule has 2 aromatic rings. The minimum atomic E-state index is -1.24. The van der Waals surface area contributed by atoms with Gasteiger partial charge in [0, 0.05) is 10.6 Å². The molecule has 0 radical (unpaired) electrons. The molecule has 1 N–H and O–H groups in total. The summed E-state index contributed by atoms with van der Waals surface area (Å²) < 4.78 is 0. The van der Waals surface area contributed by atoms with Crippen molar-refractivity contribution < 1.29 is 14.4 Å². The van der Waals surface area contributed by atoms with Gasteiger partial charge in [-0.15, -0.1) is 0 Å². The number of hydrogen-bond acceptors (Lipinski definition) is 3. The van der Waals surface area contributed by atoms with Crippen molar-refractivity contribution in [2.75, 3.05) is 6.54 Å². The molecule has 0 bridgehead atoms. The number of imide groups is 1. The smallest absolute Gasteiger partial charge is 0.319 e. The van der Waals surface area contributed by atoms with Crippen molar-refractivity contribution in [3.63, 3.8) is 0 Å². The van der Waals surface area contributed by atoms with Gasteiger partial charge in [-0.05, 0) is 24.6 Å². The molecule has 0 spiro atoms. The molecule has 0 aromatic heterocycles. The fourth-order valence-electron chi connectivity index (χ4n) is 2.69. The topological polar surface area (TPSA) is 66.5 Å². The van der Waals surface area contributed by atoms with Crippen molar-refractivity contribution in [1.29, 1.82) is 0 Å². The predicted octanol–water partition coefficient (Wildman–Crippen LogP) is 2.99. The first kappa shape index (κ1) is 16.2. The first-order valence-electron chi connectivity index (χ1n) is 7.40. The van der Waals surface area contributed by atoms with Crippen molar-refractivity contribution in [3.05, 3.63) is 70.7 Å². The largest absolute Gasteiger partial charge is 0.325 e. The zero-order chi connectivity index (χ0) is 17.3. The van der Waals surface area contributed by atoms with E-state index in [2.05, 4.69) is 5.32 Å². The van der Waals surface area contributed by atoms with E-state index >= 15 is 0 Å². The Morgan fingerprint density at radius 3 is 2.50 bits per heavy atom. The Morgan fingerprint density at radius 1 is 1.12 bits per heavy atom. The van der Waals surface area contributed by atoms with Crippen LogP contribution in [0.1, 0.15) is 22.8 Å². The summed E-state index contributed by atoms with van der Waals surface area (Å²) >= 11 is 5.98. The van der Waals surface area contributed by atoms with Gasteiger partial charge in [0.15, 0.2) is 5.78 Å². The van der Waals surface area contributed by atoms with Gasteiger partial charge < -0.3 is 5.32 Å². The van der Waals surface area contributed by atoms with E-state index in [9.17, 15) is 14.4 Å². The first-order chi connectivity index (χ1) is 11.4. The number of carbonyl (C=O) groups excluding carboxylic acids is 3. The minimum Gasteiger partial charge on any atom is -0.319 e. The molecule has 122 valence electrons. The SMILES string of the molecule is CC1(c2cccc(Cl)c2)NC(=O)N(CC(=O)c2ccccc2)C1=O. The number of amides is 3. The molecule has 6 heteroatoms. The first-order valence-corrected chi connectivity index (χ1v) is 7.78. The van der Waals surface area contributed by atoms with Crippen molar-refractivity contribution in [2.24, 2.45) is 0 Å². The Labute approximate surface area is 144 Å². The van der Waals surface area contributed by atoms with Crippen molar-refractivity contribution in [2.45, 2.75) is 12.5 Å². The molecule has 5 nitrogen and oxygen atoms in total. The molecule has 1 fully saturated rings. The molecule has 2 aromatic carbocycles. The molecular formula is C18H15ClN2O3. The van der Waals surface area contributed by atoms with Crippen LogP contribution >= 0.6 is 11.6 Å². The summed E-state index contributed by atoms with van der Waals surface area (Å²) in [6.07, 6.45) is 0. The van der Waals surface area contributed by atoms with E-state index in [4.69, 9.17) is 11.6 Å². The van der Waals surface area contributed by atoms with Crippen LogP contribution in [0.5, 0.6) is 0 Å². The maximum absolute atomic E-state index is 12.8. The number of carbonyl (C=O) groups is 3. The van der Waals surface area contributed by atoms with E-state index in [-0.39, 0.29) is 12.3 Å². The van der Waals surface area contributed by atoms with Crippen molar-refractivity contribution >= 4 is 29.3 Å². The number of nitrogens with zero attached hydrogens (tertiary/aromatic N) is 1. The number of benzene rings is 2. The molecule has 1 atom stereocenters. The highest BCUT2D eigenvalue weighted by atomic mass is 35.5. The second-order valence-electron chi connectivity index (χ2n) is 5.75. The summed E-state index contributed by atoms with van der Waals surface area (Å²) in [6, 6.07) is 14.7. The molecule has 1 heterocycles. The molecule has 0 aliphatic carbocycles. The Balaban J connectivity index is 1.85. The lowest BCUT2D eigenvalue weighted by atomic mass is 9.92. The number of ketones is 1. The van der Waals surface area contributed by atoms with Gasteiger partial charge in [0.2, 0.25) is 0 Å². The van der Waals surface area contributed by atoms with E-state index in [0.29, 0.717) is 16.1 Å².